The van der Waals surface area contributed by atoms with E-state index in [0.29, 0.717) is 11.8 Å². The van der Waals surface area contributed by atoms with E-state index in [1.807, 2.05) is 13.0 Å². The summed E-state index contributed by atoms with van der Waals surface area (Å²) in [7, 11) is 0. The largest absolute Gasteiger partial charge is 0.396 e. The monoisotopic (exact) mass is 267 g/mol. The minimum absolute atomic E-state index is 0.230. The van der Waals surface area contributed by atoms with Crippen molar-refractivity contribution in [2.75, 3.05) is 24.2 Å². The molecule has 100 valence electrons. The predicted octanol–water partition coefficient (Wildman–Crippen LogP) is 2.51. The van der Waals surface area contributed by atoms with Crippen molar-refractivity contribution in [1.82, 2.24) is 9.97 Å². The molecule has 5 heteroatoms. The van der Waals surface area contributed by atoms with Gasteiger partial charge in [-0.3, -0.25) is 0 Å². The number of hydrogen-bond donors (Lipinski definition) is 2. The third-order valence-electron chi connectivity index (χ3n) is 2.85. The van der Waals surface area contributed by atoms with E-state index in [4.69, 9.17) is 5.11 Å². The zero-order chi connectivity index (χ0) is 13.0. The summed E-state index contributed by atoms with van der Waals surface area (Å²) in [6.45, 7) is 5.21. The van der Waals surface area contributed by atoms with Gasteiger partial charge in [0.2, 0.25) is 0 Å². The average molecular weight is 267 g/mol. The van der Waals surface area contributed by atoms with Crippen LogP contribution in [0.25, 0.3) is 0 Å². The molecule has 1 atom stereocenters. The van der Waals surface area contributed by atoms with Crippen molar-refractivity contribution in [2.45, 2.75) is 37.6 Å². The lowest BCUT2D eigenvalue weighted by atomic mass is 10.2. The van der Waals surface area contributed by atoms with Crippen LogP contribution in [-0.4, -0.2) is 34.0 Å². The molecule has 1 saturated carbocycles. The van der Waals surface area contributed by atoms with Gasteiger partial charge in [0.1, 0.15) is 16.7 Å². The molecule has 1 fully saturated rings. The maximum Gasteiger partial charge on any atom is 0.135 e. The summed E-state index contributed by atoms with van der Waals surface area (Å²) >= 11 is 1.70. The number of thioether (sulfide) groups is 1. The SMILES string of the molecule is CCNc1cc(SCC(C)CO)nc(C2CC2)n1. The van der Waals surface area contributed by atoms with Crippen LogP contribution in [0.5, 0.6) is 0 Å². The maximum atomic E-state index is 9.05. The Kier molecular flexibility index (Phi) is 4.83. The second kappa shape index (κ2) is 6.38. The highest BCUT2D eigenvalue weighted by Crippen LogP contribution is 2.39. The molecule has 0 radical (unpaired) electrons. The zero-order valence-corrected chi connectivity index (χ0v) is 11.8. The first-order valence-corrected chi connectivity index (χ1v) is 7.58. The fourth-order valence-corrected chi connectivity index (χ4v) is 2.51. The Hall–Kier alpha value is -0.810. The van der Waals surface area contributed by atoms with Crippen LogP contribution in [0.4, 0.5) is 5.82 Å². The summed E-state index contributed by atoms with van der Waals surface area (Å²) in [6, 6.07) is 2.00. The molecule has 1 aliphatic rings. The normalized spacial score (nSPS) is 16.6. The van der Waals surface area contributed by atoms with Crippen LogP contribution < -0.4 is 5.32 Å². The minimum Gasteiger partial charge on any atom is -0.396 e. The molecule has 1 heterocycles. The van der Waals surface area contributed by atoms with Crippen LogP contribution in [0.2, 0.25) is 0 Å². The number of nitrogens with one attached hydrogen (secondary N) is 1. The van der Waals surface area contributed by atoms with Crippen molar-refractivity contribution < 1.29 is 5.11 Å². The van der Waals surface area contributed by atoms with Gasteiger partial charge in [0.15, 0.2) is 0 Å². The number of anilines is 1. The Morgan fingerprint density at radius 2 is 2.28 bits per heavy atom. The van der Waals surface area contributed by atoms with Gasteiger partial charge in [-0.1, -0.05) is 6.92 Å². The van der Waals surface area contributed by atoms with E-state index in [-0.39, 0.29) is 6.61 Å². The molecule has 0 amide bonds. The second-order valence-electron chi connectivity index (χ2n) is 4.85. The first kappa shape index (κ1) is 13.6. The molecule has 1 aromatic rings. The molecular weight excluding hydrogens is 246 g/mol. The summed E-state index contributed by atoms with van der Waals surface area (Å²) in [5.74, 6) is 3.67. The van der Waals surface area contributed by atoms with Crippen molar-refractivity contribution in [2.24, 2.45) is 5.92 Å². The Labute approximate surface area is 113 Å². The van der Waals surface area contributed by atoms with E-state index in [9.17, 15) is 0 Å². The van der Waals surface area contributed by atoms with Crippen molar-refractivity contribution in [3.63, 3.8) is 0 Å². The average Bonchev–Trinajstić information content (AvgIpc) is 3.20. The lowest BCUT2D eigenvalue weighted by Crippen LogP contribution is -2.06. The van der Waals surface area contributed by atoms with Crippen LogP contribution in [-0.2, 0) is 0 Å². The quantitative estimate of drug-likeness (QED) is 0.587. The van der Waals surface area contributed by atoms with E-state index in [2.05, 4.69) is 22.2 Å². The van der Waals surface area contributed by atoms with Crippen LogP contribution in [0.1, 0.15) is 38.4 Å². The fraction of sp³-hybridized carbons (Fsp3) is 0.692. The van der Waals surface area contributed by atoms with Crippen molar-refractivity contribution in [3.05, 3.63) is 11.9 Å². The molecule has 0 bridgehead atoms. The summed E-state index contributed by atoms with van der Waals surface area (Å²) in [5, 5.41) is 13.3. The molecular formula is C13H21N3OS. The van der Waals surface area contributed by atoms with Gasteiger partial charge in [-0.05, 0) is 25.7 Å². The van der Waals surface area contributed by atoms with Crippen LogP contribution in [0.3, 0.4) is 0 Å². The van der Waals surface area contributed by atoms with Gasteiger partial charge in [0, 0.05) is 30.9 Å². The van der Waals surface area contributed by atoms with E-state index in [1.54, 1.807) is 11.8 Å². The molecule has 0 aromatic carbocycles. The Morgan fingerprint density at radius 3 is 2.89 bits per heavy atom. The van der Waals surface area contributed by atoms with Gasteiger partial charge in [-0.25, -0.2) is 9.97 Å². The summed E-state index contributed by atoms with van der Waals surface area (Å²) in [6.07, 6.45) is 2.43. The van der Waals surface area contributed by atoms with Gasteiger partial charge in [-0.2, -0.15) is 0 Å². The molecule has 2 N–H and O–H groups in total. The first-order valence-electron chi connectivity index (χ1n) is 6.59. The Balaban J connectivity index is 2.07. The minimum atomic E-state index is 0.230. The number of aliphatic hydroxyl groups is 1. The second-order valence-corrected chi connectivity index (χ2v) is 5.89. The zero-order valence-electron chi connectivity index (χ0n) is 11.0. The highest BCUT2D eigenvalue weighted by Gasteiger charge is 2.27. The lowest BCUT2D eigenvalue weighted by Gasteiger charge is -2.10. The molecule has 2 rings (SSSR count). The van der Waals surface area contributed by atoms with E-state index < -0.39 is 0 Å². The van der Waals surface area contributed by atoms with Crippen LogP contribution in [0, 0.1) is 5.92 Å². The topological polar surface area (TPSA) is 58.0 Å². The summed E-state index contributed by atoms with van der Waals surface area (Å²) < 4.78 is 0. The Morgan fingerprint density at radius 1 is 1.50 bits per heavy atom. The molecule has 1 aliphatic carbocycles. The number of nitrogens with zero attached hydrogens (tertiary/aromatic N) is 2. The molecule has 1 unspecified atom stereocenters. The van der Waals surface area contributed by atoms with Crippen molar-refractivity contribution in [1.29, 1.82) is 0 Å². The summed E-state index contributed by atoms with van der Waals surface area (Å²) in [4.78, 5) is 9.16. The Bertz CT molecular complexity index is 396. The molecule has 18 heavy (non-hydrogen) atoms. The first-order chi connectivity index (χ1) is 8.72. The molecule has 4 nitrogen and oxygen atoms in total. The maximum absolute atomic E-state index is 9.05. The van der Waals surface area contributed by atoms with Crippen LogP contribution in [0.15, 0.2) is 11.1 Å². The predicted molar refractivity (Wildman–Crippen MR) is 75.1 cm³/mol. The lowest BCUT2D eigenvalue weighted by molar-refractivity contribution is 0.250. The van der Waals surface area contributed by atoms with E-state index >= 15 is 0 Å². The molecule has 0 spiro atoms. The van der Waals surface area contributed by atoms with Crippen molar-refractivity contribution in [3.8, 4) is 0 Å². The van der Waals surface area contributed by atoms with Crippen LogP contribution >= 0.6 is 11.8 Å². The van der Waals surface area contributed by atoms with Crippen molar-refractivity contribution >= 4 is 17.6 Å². The number of aromatic nitrogens is 2. The van der Waals surface area contributed by atoms with E-state index in [1.165, 1.54) is 12.8 Å². The number of aliphatic hydroxyl groups excluding tert-OH is 1. The van der Waals surface area contributed by atoms with Gasteiger partial charge < -0.3 is 10.4 Å². The fourth-order valence-electron chi connectivity index (χ4n) is 1.59. The third-order valence-corrected chi connectivity index (χ3v) is 4.09. The molecule has 0 aliphatic heterocycles. The van der Waals surface area contributed by atoms with Gasteiger partial charge in [0.05, 0.1) is 0 Å². The standard InChI is InChI=1S/C13H21N3OS/c1-3-14-11-6-12(18-8-9(2)7-17)16-13(15-11)10-4-5-10/h6,9-10,17H,3-5,7-8H2,1-2H3,(H,14,15,16). The third kappa shape index (κ3) is 3.85. The molecule has 1 aromatic heterocycles. The highest BCUT2D eigenvalue weighted by atomic mass is 32.2. The smallest absolute Gasteiger partial charge is 0.135 e. The summed E-state index contributed by atoms with van der Waals surface area (Å²) in [5.41, 5.74) is 0. The van der Waals surface area contributed by atoms with E-state index in [0.717, 1.165) is 29.0 Å². The van der Waals surface area contributed by atoms with Gasteiger partial charge in [-0.15, -0.1) is 11.8 Å². The number of hydrogen-bond acceptors (Lipinski definition) is 5. The molecule has 0 saturated heterocycles. The van der Waals surface area contributed by atoms with Gasteiger partial charge >= 0.3 is 0 Å². The number of rotatable bonds is 7. The highest BCUT2D eigenvalue weighted by molar-refractivity contribution is 7.99. The van der Waals surface area contributed by atoms with Gasteiger partial charge in [0.25, 0.3) is 0 Å².